The molecule has 0 aliphatic rings. The lowest BCUT2D eigenvalue weighted by Crippen LogP contribution is -2.21. The first kappa shape index (κ1) is 31.6. The second-order valence-corrected chi connectivity index (χ2v) is 14.6. The van der Waals surface area contributed by atoms with Crippen LogP contribution in [0.15, 0.2) is 188 Å². The van der Waals surface area contributed by atoms with E-state index in [1.54, 1.807) is 0 Å². The van der Waals surface area contributed by atoms with Gasteiger partial charge in [0, 0.05) is 38.9 Å². The molecule has 0 radical (unpaired) electrons. The van der Waals surface area contributed by atoms with Gasteiger partial charge in [-0.2, -0.15) is 0 Å². The summed E-state index contributed by atoms with van der Waals surface area (Å²) in [5.74, 6) is 0. The normalized spacial score (nSPS) is 11.8. The van der Waals surface area contributed by atoms with E-state index in [9.17, 15) is 0 Å². The zero-order valence-electron chi connectivity index (χ0n) is 29.8. The van der Waals surface area contributed by atoms with Gasteiger partial charge < -0.3 is 9.47 Å². The summed E-state index contributed by atoms with van der Waals surface area (Å²) in [5.41, 5.74) is 13.1. The van der Waals surface area contributed by atoms with Crippen molar-refractivity contribution in [3.8, 4) is 33.4 Å². The van der Waals surface area contributed by atoms with Crippen LogP contribution in [0.25, 0.3) is 66.0 Å². The third kappa shape index (κ3) is 5.54. The fourth-order valence-electron chi connectivity index (χ4n) is 7.92. The molecule has 0 fully saturated rings. The van der Waals surface area contributed by atoms with Crippen LogP contribution in [0.2, 0.25) is 0 Å². The quantitative estimate of drug-likeness (QED) is 0.171. The maximum Gasteiger partial charge on any atom is 0.0517 e. The van der Waals surface area contributed by atoms with Gasteiger partial charge in [-0.1, -0.05) is 146 Å². The molecule has 0 unspecified atom stereocenters. The summed E-state index contributed by atoms with van der Waals surface area (Å²) in [7, 11) is 0. The molecule has 0 aliphatic carbocycles. The van der Waals surface area contributed by atoms with Crippen molar-refractivity contribution in [3.05, 3.63) is 188 Å². The Bertz CT molecular complexity index is 2680. The first-order valence-electron chi connectivity index (χ1n) is 18.1. The van der Waals surface area contributed by atoms with Crippen molar-refractivity contribution in [2.24, 2.45) is 0 Å². The molecule has 8 aromatic carbocycles. The third-order valence-electron chi connectivity index (χ3n) is 10.2. The predicted molar refractivity (Wildman–Crippen MR) is 223 cm³/mol. The lowest BCUT2D eigenvalue weighted by atomic mass is 9.90. The van der Waals surface area contributed by atoms with Gasteiger partial charge in [-0.3, -0.25) is 0 Å². The van der Waals surface area contributed by atoms with Crippen LogP contribution in [0.4, 0.5) is 17.1 Å². The van der Waals surface area contributed by atoms with Crippen LogP contribution < -0.4 is 4.90 Å². The molecule has 1 heterocycles. The Labute approximate surface area is 305 Å². The molecule has 0 N–H and O–H groups in total. The van der Waals surface area contributed by atoms with Crippen molar-refractivity contribution in [2.75, 3.05) is 4.90 Å². The number of nitrogens with zero attached hydrogens (tertiary/aromatic N) is 2. The van der Waals surface area contributed by atoms with E-state index in [0.29, 0.717) is 0 Å². The fourth-order valence-corrected chi connectivity index (χ4v) is 7.92. The van der Waals surface area contributed by atoms with E-state index >= 15 is 0 Å². The molecule has 9 rings (SSSR count). The average molecular weight is 669 g/mol. The van der Waals surface area contributed by atoms with E-state index in [0.717, 1.165) is 17.1 Å². The van der Waals surface area contributed by atoms with Crippen LogP contribution in [0, 0.1) is 0 Å². The van der Waals surface area contributed by atoms with Gasteiger partial charge in [-0.05, 0) is 107 Å². The zero-order chi connectivity index (χ0) is 35.2. The average Bonchev–Trinajstić information content (AvgIpc) is 3.53. The Morgan fingerprint density at radius 1 is 0.385 bits per heavy atom. The van der Waals surface area contributed by atoms with Crippen molar-refractivity contribution >= 4 is 49.6 Å². The summed E-state index contributed by atoms with van der Waals surface area (Å²) in [6, 6.07) is 68.4. The first-order chi connectivity index (χ1) is 25.4. The number of aromatic nitrogens is 1. The highest BCUT2D eigenvalue weighted by molar-refractivity contribution is 6.09. The predicted octanol–water partition coefficient (Wildman–Crippen LogP) is 14.2. The molecule has 52 heavy (non-hydrogen) atoms. The summed E-state index contributed by atoms with van der Waals surface area (Å²) in [5, 5.41) is 5.06. The Balaban J connectivity index is 1.21. The minimum Gasteiger partial charge on any atom is -0.335 e. The summed E-state index contributed by atoms with van der Waals surface area (Å²) >= 11 is 0. The molecule has 2 nitrogen and oxygen atoms in total. The minimum absolute atomic E-state index is 0.0971. The molecular weight excluding hydrogens is 629 g/mol. The van der Waals surface area contributed by atoms with Gasteiger partial charge in [0.05, 0.1) is 5.52 Å². The molecule has 0 bridgehead atoms. The SMILES string of the molecule is CC(C)(C)n1c2ccccc2c2ccc(N(c3ccc(-c4ccccc4)cc3)c3ccc(-c4ccc5ccccc5c4-c4ccccc4)cc3)cc21. The number of rotatable bonds is 6. The van der Waals surface area contributed by atoms with Crippen molar-refractivity contribution in [2.45, 2.75) is 26.3 Å². The van der Waals surface area contributed by atoms with Gasteiger partial charge in [0.2, 0.25) is 0 Å². The lowest BCUT2D eigenvalue weighted by molar-refractivity contribution is 0.423. The zero-order valence-corrected chi connectivity index (χ0v) is 29.8. The number of anilines is 3. The first-order valence-corrected chi connectivity index (χ1v) is 18.1. The van der Waals surface area contributed by atoms with Crippen molar-refractivity contribution < 1.29 is 0 Å². The maximum absolute atomic E-state index is 2.49. The van der Waals surface area contributed by atoms with E-state index < -0.39 is 0 Å². The molecule has 0 amide bonds. The summed E-state index contributed by atoms with van der Waals surface area (Å²) < 4.78 is 2.49. The molecule has 250 valence electrons. The van der Waals surface area contributed by atoms with Gasteiger partial charge in [0.25, 0.3) is 0 Å². The van der Waals surface area contributed by atoms with Crippen molar-refractivity contribution in [1.82, 2.24) is 4.57 Å². The van der Waals surface area contributed by atoms with Crippen molar-refractivity contribution in [3.63, 3.8) is 0 Å². The van der Waals surface area contributed by atoms with Crippen LogP contribution >= 0.6 is 0 Å². The van der Waals surface area contributed by atoms with Crippen molar-refractivity contribution in [1.29, 1.82) is 0 Å². The molecule has 0 saturated heterocycles. The van der Waals surface area contributed by atoms with E-state index in [2.05, 4.69) is 218 Å². The van der Waals surface area contributed by atoms with E-state index in [1.165, 1.54) is 66.0 Å². The van der Waals surface area contributed by atoms with E-state index in [4.69, 9.17) is 0 Å². The number of para-hydroxylation sites is 1. The topological polar surface area (TPSA) is 8.17 Å². The Hall–Kier alpha value is -6.38. The number of hydrogen-bond donors (Lipinski definition) is 0. The number of benzene rings is 8. The molecule has 1 aromatic heterocycles. The minimum atomic E-state index is -0.0971. The second-order valence-electron chi connectivity index (χ2n) is 14.6. The molecule has 2 heteroatoms. The Morgan fingerprint density at radius 2 is 0.904 bits per heavy atom. The van der Waals surface area contributed by atoms with E-state index in [1.807, 2.05) is 0 Å². The molecule has 0 saturated carbocycles. The second kappa shape index (κ2) is 12.7. The number of fused-ring (bicyclic) bond motifs is 4. The molecule has 9 aromatic rings. The van der Waals surface area contributed by atoms with Gasteiger partial charge in [0.15, 0.2) is 0 Å². The highest BCUT2D eigenvalue weighted by atomic mass is 15.1. The summed E-state index contributed by atoms with van der Waals surface area (Å²) in [6.45, 7) is 6.88. The largest absolute Gasteiger partial charge is 0.335 e. The van der Waals surface area contributed by atoms with Crippen LogP contribution in [0.3, 0.4) is 0 Å². The van der Waals surface area contributed by atoms with E-state index in [-0.39, 0.29) is 5.54 Å². The summed E-state index contributed by atoms with van der Waals surface area (Å²) in [4.78, 5) is 2.39. The highest BCUT2D eigenvalue weighted by Crippen LogP contribution is 2.43. The third-order valence-corrected chi connectivity index (χ3v) is 10.2. The van der Waals surface area contributed by atoms with Crippen LogP contribution in [0.1, 0.15) is 20.8 Å². The molecular formula is C50H40N2. The van der Waals surface area contributed by atoms with Crippen LogP contribution in [-0.4, -0.2) is 4.57 Å². The monoisotopic (exact) mass is 668 g/mol. The molecule has 0 spiro atoms. The van der Waals surface area contributed by atoms with Crippen LogP contribution in [-0.2, 0) is 5.54 Å². The Morgan fingerprint density at radius 3 is 1.58 bits per heavy atom. The van der Waals surface area contributed by atoms with Gasteiger partial charge in [-0.15, -0.1) is 0 Å². The highest BCUT2D eigenvalue weighted by Gasteiger charge is 2.22. The van der Waals surface area contributed by atoms with Gasteiger partial charge in [0.1, 0.15) is 0 Å². The summed E-state index contributed by atoms with van der Waals surface area (Å²) in [6.07, 6.45) is 0. The molecule has 0 atom stereocenters. The lowest BCUT2D eigenvalue weighted by Gasteiger charge is -2.28. The Kier molecular flexibility index (Phi) is 7.74. The number of hydrogen-bond acceptors (Lipinski definition) is 1. The van der Waals surface area contributed by atoms with Gasteiger partial charge in [-0.25, -0.2) is 0 Å². The maximum atomic E-state index is 2.49. The fraction of sp³-hybridized carbons (Fsp3) is 0.0800. The standard InChI is InChI=1S/C50H40N2/c1-50(2,3)52-47-21-13-12-20-45(47)46-33-31-42(34-48(46)52)51(40-27-22-36(23-28-40)35-14-6-4-7-15-35)41-29-24-38(25-30-41)44-32-26-37-16-10-11-19-43(37)49(44)39-17-8-5-9-18-39/h4-34H,1-3H3. The van der Waals surface area contributed by atoms with Crippen LogP contribution in [0.5, 0.6) is 0 Å². The smallest absolute Gasteiger partial charge is 0.0517 e. The van der Waals surface area contributed by atoms with Gasteiger partial charge >= 0.3 is 0 Å². The molecule has 0 aliphatic heterocycles.